The molecule has 1 aliphatic heterocycles. The SMILES string of the molecule is COc1ccc(-c2ccc(-c3cnn4c(N)c(C(C)=O)c(C5CCN(C(=O)[C@@H](C)O)CC5)nc34)cn2)cc1CO. The number of hydrogen-bond acceptors (Lipinski definition) is 9. The first-order chi connectivity index (χ1) is 19.2. The van der Waals surface area contributed by atoms with Gasteiger partial charge >= 0.3 is 0 Å². The number of aliphatic hydroxyl groups is 2. The van der Waals surface area contributed by atoms with Gasteiger partial charge in [-0.15, -0.1) is 0 Å². The second-order valence-electron chi connectivity index (χ2n) is 10.00. The summed E-state index contributed by atoms with van der Waals surface area (Å²) in [6, 6.07) is 9.32. The second-order valence-corrected chi connectivity index (χ2v) is 10.00. The number of benzene rings is 1. The molecule has 1 saturated heterocycles. The number of fused-ring (bicyclic) bond motifs is 1. The molecule has 11 nitrogen and oxygen atoms in total. The van der Waals surface area contributed by atoms with Crippen LogP contribution in [0, 0.1) is 0 Å². The van der Waals surface area contributed by atoms with E-state index in [-0.39, 0.29) is 30.0 Å². The van der Waals surface area contributed by atoms with E-state index in [0.717, 1.165) is 22.4 Å². The number of carbonyl (C=O) groups excluding carboxylic acids is 2. The number of ketones is 1. The Labute approximate surface area is 231 Å². The Morgan fingerprint density at radius 2 is 1.88 bits per heavy atom. The average Bonchev–Trinajstić information content (AvgIpc) is 3.40. The predicted molar refractivity (Wildman–Crippen MR) is 149 cm³/mol. The molecule has 1 fully saturated rings. The lowest BCUT2D eigenvalue weighted by molar-refractivity contribution is -0.140. The van der Waals surface area contributed by atoms with Gasteiger partial charge in [0, 0.05) is 47.5 Å². The first kappa shape index (κ1) is 27.2. The zero-order valence-electron chi connectivity index (χ0n) is 22.7. The molecule has 4 heterocycles. The van der Waals surface area contributed by atoms with Gasteiger partial charge in [0.2, 0.25) is 0 Å². The summed E-state index contributed by atoms with van der Waals surface area (Å²) in [6.07, 6.45) is 3.53. The van der Waals surface area contributed by atoms with Gasteiger partial charge in [-0.2, -0.15) is 9.61 Å². The van der Waals surface area contributed by atoms with Crippen LogP contribution < -0.4 is 10.5 Å². The Balaban J connectivity index is 1.50. The van der Waals surface area contributed by atoms with Crippen LogP contribution >= 0.6 is 0 Å². The number of rotatable bonds is 7. The molecule has 1 aliphatic rings. The first-order valence-corrected chi connectivity index (χ1v) is 13.1. The van der Waals surface area contributed by atoms with Gasteiger partial charge in [-0.05, 0) is 51.0 Å². The third-order valence-electron chi connectivity index (χ3n) is 7.43. The van der Waals surface area contributed by atoms with Crippen LogP contribution in [0.15, 0.2) is 42.7 Å². The van der Waals surface area contributed by atoms with E-state index < -0.39 is 6.10 Å². The molecule has 0 saturated carbocycles. The third-order valence-corrected chi connectivity index (χ3v) is 7.43. The molecule has 40 heavy (non-hydrogen) atoms. The number of amides is 1. The molecular formula is C29H32N6O5. The number of ether oxygens (including phenoxy) is 1. The van der Waals surface area contributed by atoms with E-state index in [1.54, 1.807) is 30.5 Å². The topological polar surface area (TPSA) is 156 Å². The number of hydrogen-bond donors (Lipinski definition) is 3. The third kappa shape index (κ3) is 4.89. The Morgan fingerprint density at radius 1 is 1.15 bits per heavy atom. The number of aromatic nitrogens is 4. The van der Waals surface area contributed by atoms with Crippen LogP contribution in [-0.4, -0.2) is 72.7 Å². The van der Waals surface area contributed by atoms with E-state index in [1.165, 1.54) is 18.4 Å². The number of anilines is 1. The van der Waals surface area contributed by atoms with Crippen LogP contribution in [0.3, 0.4) is 0 Å². The minimum Gasteiger partial charge on any atom is -0.496 e. The van der Waals surface area contributed by atoms with Crippen LogP contribution in [0.2, 0.25) is 0 Å². The summed E-state index contributed by atoms with van der Waals surface area (Å²) in [5, 5.41) is 23.8. The number of aliphatic hydroxyl groups excluding tert-OH is 2. The van der Waals surface area contributed by atoms with E-state index in [0.29, 0.717) is 54.1 Å². The maximum Gasteiger partial charge on any atom is 0.251 e. The Morgan fingerprint density at radius 3 is 2.48 bits per heavy atom. The van der Waals surface area contributed by atoms with Crippen molar-refractivity contribution in [2.45, 2.75) is 45.3 Å². The number of likely N-dealkylation sites (tertiary alicyclic amines) is 1. The van der Waals surface area contributed by atoms with Gasteiger partial charge in [0.25, 0.3) is 5.91 Å². The van der Waals surface area contributed by atoms with Gasteiger partial charge in [-0.3, -0.25) is 14.6 Å². The molecular weight excluding hydrogens is 512 g/mol. The quantitative estimate of drug-likeness (QED) is 0.298. The molecule has 0 radical (unpaired) electrons. The predicted octanol–water partition coefficient (Wildman–Crippen LogP) is 2.83. The van der Waals surface area contributed by atoms with Crippen molar-refractivity contribution in [3.05, 3.63) is 59.5 Å². The van der Waals surface area contributed by atoms with Crippen molar-refractivity contribution in [2.75, 3.05) is 25.9 Å². The van der Waals surface area contributed by atoms with Crippen molar-refractivity contribution in [3.63, 3.8) is 0 Å². The zero-order chi connectivity index (χ0) is 28.6. The van der Waals surface area contributed by atoms with E-state index in [9.17, 15) is 19.8 Å². The molecule has 4 aromatic rings. The summed E-state index contributed by atoms with van der Waals surface area (Å²) < 4.78 is 6.77. The van der Waals surface area contributed by atoms with Crippen LogP contribution in [0.25, 0.3) is 28.0 Å². The van der Waals surface area contributed by atoms with Gasteiger partial charge in [-0.1, -0.05) is 6.07 Å². The van der Waals surface area contributed by atoms with Crippen LogP contribution in [0.5, 0.6) is 5.75 Å². The minimum absolute atomic E-state index is 0.0803. The number of methoxy groups -OCH3 is 1. The smallest absolute Gasteiger partial charge is 0.251 e. The van der Waals surface area contributed by atoms with Crippen LogP contribution in [0.4, 0.5) is 5.82 Å². The summed E-state index contributed by atoms with van der Waals surface area (Å²) >= 11 is 0. The summed E-state index contributed by atoms with van der Waals surface area (Å²) in [6.45, 7) is 3.69. The summed E-state index contributed by atoms with van der Waals surface area (Å²) in [4.78, 5) is 36.1. The van der Waals surface area contributed by atoms with Crippen LogP contribution in [-0.2, 0) is 11.4 Å². The fourth-order valence-electron chi connectivity index (χ4n) is 5.32. The molecule has 1 aromatic carbocycles. The number of nitrogens with zero attached hydrogens (tertiary/aromatic N) is 5. The highest BCUT2D eigenvalue weighted by Gasteiger charge is 2.31. The Bertz CT molecular complexity index is 1570. The lowest BCUT2D eigenvalue weighted by Crippen LogP contribution is -2.42. The summed E-state index contributed by atoms with van der Waals surface area (Å²) in [5.41, 5.74) is 11.7. The van der Waals surface area contributed by atoms with E-state index in [2.05, 4.69) is 10.1 Å². The van der Waals surface area contributed by atoms with E-state index in [4.69, 9.17) is 15.5 Å². The monoisotopic (exact) mass is 544 g/mol. The number of Topliss-reactive ketones (excluding diaryl/α,β-unsaturated/α-hetero) is 1. The Kier molecular flexibility index (Phi) is 7.51. The molecule has 1 amide bonds. The highest BCUT2D eigenvalue weighted by Crippen LogP contribution is 2.35. The van der Waals surface area contributed by atoms with Gasteiger partial charge < -0.3 is 25.6 Å². The lowest BCUT2D eigenvalue weighted by atomic mass is 9.89. The zero-order valence-corrected chi connectivity index (χ0v) is 22.7. The number of nitrogen functional groups attached to an aromatic ring is 1. The molecule has 5 rings (SSSR count). The number of carbonyl (C=O) groups is 2. The maximum absolute atomic E-state index is 12.7. The van der Waals surface area contributed by atoms with Gasteiger partial charge in [0.05, 0.1) is 36.9 Å². The normalized spacial score (nSPS) is 14.9. The summed E-state index contributed by atoms with van der Waals surface area (Å²) in [5.74, 6) is 0.251. The molecule has 11 heteroatoms. The van der Waals surface area contributed by atoms with Crippen molar-refractivity contribution >= 4 is 23.2 Å². The van der Waals surface area contributed by atoms with Crippen LogP contribution in [0.1, 0.15) is 54.2 Å². The minimum atomic E-state index is -1.05. The maximum atomic E-state index is 12.7. The van der Waals surface area contributed by atoms with E-state index >= 15 is 0 Å². The first-order valence-electron chi connectivity index (χ1n) is 13.1. The second kappa shape index (κ2) is 11.0. The number of nitrogens with two attached hydrogens (primary N) is 1. The molecule has 0 bridgehead atoms. The molecule has 0 aliphatic carbocycles. The molecule has 1 atom stereocenters. The number of pyridine rings is 1. The standard InChI is InChI=1S/C29H32N6O5/c1-16(37)25-26(18-8-10-34(11-9-18)29(39)17(2)38)33-28-22(14-32-35(28)27(25)30)20-4-6-23(31-13-20)19-5-7-24(40-3)21(12-19)15-36/h4-7,12-14,17-18,36,38H,8-11,15,30H2,1-3H3/t17-/m1/s1. The van der Waals surface area contributed by atoms with Crippen molar-refractivity contribution in [1.82, 2.24) is 24.5 Å². The fourth-order valence-corrected chi connectivity index (χ4v) is 5.32. The van der Waals surface area contributed by atoms with Crippen molar-refractivity contribution < 1.29 is 24.5 Å². The van der Waals surface area contributed by atoms with E-state index in [1.807, 2.05) is 24.3 Å². The van der Waals surface area contributed by atoms with Gasteiger partial charge in [0.1, 0.15) is 17.7 Å². The average molecular weight is 545 g/mol. The van der Waals surface area contributed by atoms with Crippen molar-refractivity contribution in [2.24, 2.45) is 0 Å². The molecule has 208 valence electrons. The van der Waals surface area contributed by atoms with Gasteiger partial charge in [0.15, 0.2) is 11.4 Å². The molecule has 4 N–H and O–H groups in total. The molecule has 0 spiro atoms. The largest absolute Gasteiger partial charge is 0.496 e. The highest BCUT2D eigenvalue weighted by atomic mass is 16.5. The Hall–Kier alpha value is -4.35. The molecule has 0 unspecified atom stereocenters. The van der Waals surface area contributed by atoms with Crippen molar-refractivity contribution in [1.29, 1.82) is 0 Å². The highest BCUT2D eigenvalue weighted by molar-refractivity contribution is 6.00. The van der Waals surface area contributed by atoms with Gasteiger partial charge in [-0.25, -0.2) is 4.98 Å². The number of piperidine rings is 1. The summed E-state index contributed by atoms with van der Waals surface area (Å²) in [7, 11) is 1.56. The molecule has 3 aromatic heterocycles. The lowest BCUT2D eigenvalue weighted by Gasteiger charge is -2.33. The fraction of sp³-hybridized carbons (Fsp3) is 0.345. The van der Waals surface area contributed by atoms with Crippen molar-refractivity contribution in [3.8, 4) is 28.1 Å².